The number of carboxylic acids is 2. The van der Waals surface area contributed by atoms with Gasteiger partial charge >= 0.3 is 11.9 Å². The Morgan fingerprint density at radius 3 is 2.39 bits per heavy atom. The number of carboxylic acid groups (broad SMARTS) is 2. The largest absolute Gasteiger partial charge is 0.481 e. The SMILES string of the molecule is C[C@@H](O)[C@H](N)C(=O)N[C@@H](CC(=O)O)C(=O)N1CCC[C@@H]1C(=O)O. The zero-order valence-electron chi connectivity index (χ0n) is 12.6. The van der Waals surface area contributed by atoms with Gasteiger partial charge in [0.05, 0.1) is 12.5 Å². The molecule has 1 rings (SSSR count). The maximum Gasteiger partial charge on any atom is 0.326 e. The molecule has 10 heteroatoms. The van der Waals surface area contributed by atoms with Gasteiger partial charge in [0, 0.05) is 6.54 Å². The molecule has 10 nitrogen and oxygen atoms in total. The van der Waals surface area contributed by atoms with E-state index in [-0.39, 0.29) is 13.0 Å². The minimum atomic E-state index is -1.44. The number of rotatable bonds is 7. The van der Waals surface area contributed by atoms with Crippen LogP contribution in [0.1, 0.15) is 26.2 Å². The molecule has 0 aliphatic carbocycles. The molecule has 130 valence electrons. The molecule has 4 atom stereocenters. The van der Waals surface area contributed by atoms with Crippen molar-refractivity contribution in [2.75, 3.05) is 6.54 Å². The van der Waals surface area contributed by atoms with Crippen molar-refractivity contribution in [2.24, 2.45) is 5.73 Å². The fourth-order valence-electron chi connectivity index (χ4n) is 2.35. The number of aliphatic carboxylic acids is 2. The van der Waals surface area contributed by atoms with Crippen LogP contribution in [0.2, 0.25) is 0 Å². The first-order chi connectivity index (χ1) is 10.6. The van der Waals surface area contributed by atoms with Gasteiger partial charge in [0.2, 0.25) is 11.8 Å². The number of hydrogen-bond acceptors (Lipinski definition) is 6. The third kappa shape index (κ3) is 4.89. The van der Waals surface area contributed by atoms with E-state index in [0.717, 1.165) is 4.90 Å². The van der Waals surface area contributed by atoms with E-state index in [0.29, 0.717) is 6.42 Å². The highest BCUT2D eigenvalue weighted by molar-refractivity contribution is 5.94. The van der Waals surface area contributed by atoms with Crippen molar-refractivity contribution in [2.45, 2.75) is 50.4 Å². The summed E-state index contributed by atoms with van der Waals surface area (Å²) in [6.45, 7) is 1.45. The minimum Gasteiger partial charge on any atom is -0.481 e. The second kappa shape index (κ2) is 7.88. The molecule has 1 aliphatic rings. The highest BCUT2D eigenvalue weighted by Crippen LogP contribution is 2.19. The number of likely N-dealkylation sites (tertiary alicyclic amines) is 1. The lowest BCUT2D eigenvalue weighted by Crippen LogP contribution is -2.56. The lowest BCUT2D eigenvalue weighted by atomic mass is 10.1. The Labute approximate surface area is 132 Å². The zero-order valence-corrected chi connectivity index (χ0v) is 12.6. The van der Waals surface area contributed by atoms with E-state index >= 15 is 0 Å². The summed E-state index contributed by atoms with van der Waals surface area (Å²) in [5.74, 6) is -4.19. The molecule has 0 bridgehead atoms. The average molecular weight is 331 g/mol. The van der Waals surface area contributed by atoms with Crippen molar-refractivity contribution < 1.29 is 34.5 Å². The summed E-state index contributed by atoms with van der Waals surface area (Å²) in [6.07, 6.45) is -1.15. The van der Waals surface area contributed by atoms with Gasteiger partial charge in [-0.05, 0) is 19.8 Å². The Balaban J connectivity index is 2.88. The van der Waals surface area contributed by atoms with Crippen LogP contribution in [-0.2, 0) is 19.2 Å². The van der Waals surface area contributed by atoms with Crippen LogP contribution in [0.25, 0.3) is 0 Å². The molecule has 1 heterocycles. The van der Waals surface area contributed by atoms with E-state index in [4.69, 9.17) is 15.9 Å². The number of amides is 2. The maximum absolute atomic E-state index is 12.4. The van der Waals surface area contributed by atoms with Gasteiger partial charge < -0.3 is 31.3 Å². The maximum atomic E-state index is 12.4. The quantitative estimate of drug-likeness (QED) is 0.347. The normalized spacial score (nSPS) is 21.3. The van der Waals surface area contributed by atoms with Gasteiger partial charge in [-0.3, -0.25) is 14.4 Å². The first-order valence-electron chi connectivity index (χ1n) is 7.14. The van der Waals surface area contributed by atoms with Gasteiger partial charge in [0.15, 0.2) is 0 Å². The van der Waals surface area contributed by atoms with Crippen molar-refractivity contribution in [1.29, 1.82) is 0 Å². The van der Waals surface area contributed by atoms with E-state index in [9.17, 15) is 24.3 Å². The number of nitrogens with two attached hydrogens (primary N) is 1. The third-order valence-corrected chi connectivity index (χ3v) is 3.64. The Kier molecular flexibility index (Phi) is 6.46. The number of nitrogens with one attached hydrogen (secondary N) is 1. The van der Waals surface area contributed by atoms with Crippen LogP contribution < -0.4 is 11.1 Å². The van der Waals surface area contributed by atoms with Gasteiger partial charge in [-0.2, -0.15) is 0 Å². The smallest absolute Gasteiger partial charge is 0.326 e. The summed E-state index contributed by atoms with van der Waals surface area (Å²) in [4.78, 5) is 47.3. The van der Waals surface area contributed by atoms with Crippen LogP contribution in [0.3, 0.4) is 0 Å². The van der Waals surface area contributed by atoms with Gasteiger partial charge in [0.25, 0.3) is 0 Å². The molecule has 1 saturated heterocycles. The molecule has 6 N–H and O–H groups in total. The summed E-state index contributed by atoms with van der Waals surface area (Å²) < 4.78 is 0. The number of aliphatic hydroxyl groups excluding tert-OH is 1. The molecule has 0 radical (unpaired) electrons. The van der Waals surface area contributed by atoms with Crippen LogP contribution in [0.5, 0.6) is 0 Å². The van der Waals surface area contributed by atoms with Crippen molar-refractivity contribution in [1.82, 2.24) is 10.2 Å². The summed E-state index contributed by atoms with van der Waals surface area (Å²) in [5, 5.41) is 29.4. The molecule has 1 aliphatic heterocycles. The molecular weight excluding hydrogens is 310 g/mol. The average Bonchev–Trinajstić information content (AvgIpc) is 2.93. The van der Waals surface area contributed by atoms with Gasteiger partial charge in [-0.25, -0.2) is 4.79 Å². The van der Waals surface area contributed by atoms with E-state index in [1.807, 2.05) is 0 Å². The summed E-state index contributed by atoms with van der Waals surface area (Å²) in [5.41, 5.74) is 5.44. The zero-order chi connectivity index (χ0) is 17.7. The fourth-order valence-corrected chi connectivity index (χ4v) is 2.35. The Bertz CT molecular complexity index is 494. The van der Waals surface area contributed by atoms with E-state index in [1.165, 1.54) is 6.92 Å². The summed E-state index contributed by atoms with van der Waals surface area (Å²) >= 11 is 0. The first kappa shape index (κ1) is 18.8. The topological polar surface area (TPSA) is 170 Å². The predicted molar refractivity (Wildman–Crippen MR) is 76.2 cm³/mol. The third-order valence-electron chi connectivity index (χ3n) is 3.64. The Hall–Kier alpha value is -2.20. The van der Waals surface area contributed by atoms with Crippen molar-refractivity contribution >= 4 is 23.8 Å². The Morgan fingerprint density at radius 2 is 1.91 bits per heavy atom. The molecule has 1 fully saturated rings. The highest BCUT2D eigenvalue weighted by Gasteiger charge is 2.38. The molecule has 0 saturated carbocycles. The van der Waals surface area contributed by atoms with E-state index in [1.54, 1.807) is 0 Å². The number of carbonyl (C=O) groups excluding carboxylic acids is 2. The van der Waals surface area contributed by atoms with Crippen molar-refractivity contribution in [3.63, 3.8) is 0 Å². The first-order valence-corrected chi connectivity index (χ1v) is 7.14. The standard InChI is InChI=1S/C13H21N3O7/c1-6(17)10(14)11(20)15-7(5-9(18)19)12(21)16-4-2-3-8(16)13(22)23/h6-8,10,17H,2-5,14H2,1H3,(H,15,20)(H,18,19)(H,22,23)/t6-,7+,8-,10+/m1/s1. The fraction of sp³-hybridized carbons (Fsp3) is 0.692. The Morgan fingerprint density at radius 1 is 1.30 bits per heavy atom. The molecular formula is C13H21N3O7. The van der Waals surface area contributed by atoms with Gasteiger partial charge in [0.1, 0.15) is 18.1 Å². The van der Waals surface area contributed by atoms with E-state index in [2.05, 4.69) is 5.32 Å². The van der Waals surface area contributed by atoms with Crippen LogP contribution in [-0.4, -0.2) is 74.7 Å². The van der Waals surface area contributed by atoms with Crippen LogP contribution >= 0.6 is 0 Å². The number of carbonyl (C=O) groups is 4. The molecule has 2 amide bonds. The molecule has 23 heavy (non-hydrogen) atoms. The van der Waals surface area contributed by atoms with Crippen LogP contribution in [0.4, 0.5) is 0 Å². The lowest BCUT2D eigenvalue weighted by Gasteiger charge is -2.27. The van der Waals surface area contributed by atoms with Crippen molar-refractivity contribution in [3.8, 4) is 0 Å². The van der Waals surface area contributed by atoms with Crippen LogP contribution in [0, 0.1) is 0 Å². The lowest BCUT2D eigenvalue weighted by molar-refractivity contribution is -0.150. The van der Waals surface area contributed by atoms with Crippen LogP contribution in [0.15, 0.2) is 0 Å². The predicted octanol–water partition coefficient (Wildman–Crippen LogP) is -2.27. The highest BCUT2D eigenvalue weighted by atomic mass is 16.4. The summed E-state index contributed by atoms with van der Waals surface area (Å²) in [7, 11) is 0. The van der Waals surface area contributed by atoms with Gasteiger partial charge in [-0.15, -0.1) is 0 Å². The number of nitrogens with zero attached hydrogens (tertiary/aromatic N) is 1. The van der Waals surface area contributed by atoms with Crippen molar-refractivity contribution in [3.05, 3.63) is 0 Å². The monoisotopic (exact) mass is 331 g/mol. The van der Waals surface area contributed by atoms with Gasteiger partial charge in [-0.1, -0.05) is 0 Å². The second-order valence-electron chi connectivity index (χ2n) is 5.45. The molecule has 0 aromatic carbocycles. The molecule has 0 unspecified atom stereocenters. The summed E-state index contributed by atoms with van der Waals surface area (Å²) in [6, 6.07) is -3.81. The minimum absolute atomic E-state index is 0.171. The number of aliphatic hydroxyl groups is 1. The molecule has 0 aromatic heterocycles. The second-order valence-corrected chi connectivity index (χ2v) is 5.45. The van der Waals surface area contributed by atoms with E-state index < -0.39 is 54.4 Å². The molecule has 0 aromatic rings. The molecule has 0 spiro atoms. The number of hydrogen-bond donors (Lipinski definition) is 5.